The lowest BCUT2D eigenvalue weighted by atomic mass is 10.2. The first-order chi connectivity index (χ1) is 8.78. The monoisotopic (exact) mass is 269 g/mol. The highest BCUT2D eigenvalue weighted by molar-refractivity contribution is 7.98. The van der Waals surface area contributed by atoms with Crippen LogP contribution in [0.5, 0.6) is 0 Å². The molecule has 5 heteroatoms. The van der Waals surface area contributed by atoms with Crippen molar-refractivity contribution < 1.29 is 4.52 Å². The average molecular weight is 269 g/mol. The summed E-state index contributed by atoms with van der Waals surface area (Å²) in [4.78, 5) is 5.03. The molecule has 0 spiro atoms. The van der Waals surface area contributed by atoms with Gasteiger partial charge in [0.1, 0.15) is 5.76 Å². The van der Waals surface area contributed by atoms with E-state index in [4.69, 9.17) is 4.52 Å². The number of rotatable bonds is 6. The van der Waals surface area contributed by atoms with Gasteiger partial charge in [-0.3, -0.25) is 4.90 Å². The lowest BCUT2D eigenvalue weighted by Crippen LogP contribution is -2.46. The van der Waals surface area contributed by atoms with Crippen molar-refractivity contribution in [3.8, 4) is 0 Å². The van der Waals surface area contributed by atoms with Crippen LogP contribution < -0.4 is 0 Å². The van der Waals surface area contributed by atoms with E-state index in [-0.39, 0.29) is 0 Å². The van der Waals surface area contributed by atoms with E-state index in [1.165, 1.54) is 31.8 Å². The summed E-state index contributed by atoms with van der Waals surface area (Å²) in [7, 11) is 0. The number of aryl methyl sites for hydroxylation is 1. The molecule has 1 fully saturated rings. The van der Waals surface area contributed by atoms with Gasteiger partial charge in [-0.1, -0.05) is 5.16 Å². The second-order valence-corrected chi connectivity index (χ2v) is 5.88. The van der Waals surface area contributed by atoms with Gasteiger partial charge in [-0.05, 0) is 31.9 Å². The van der Waals surface area contributed by atoms with E-state index in [1.54, 1.807) is 0 Å². The molecule has 1 aromatic rings. The van der Waals surface area contributed by atoms with Gasteiger partial charge < -0.3 is 9.42 Å². The van der Waals surface area contributed by atoms with E-state index in [0.717, 1.165) is 31.1 Å². The van der Waals surface area contributed by atoms with Crippen LogP contribution >= 0.6 is 11.8 Å². The van der Waals surface area contributed by atoms with E-state index in [1.807, 2.05) is 24.8 Å². The molecule has 0 atom stereocenters. The fourth-order valence-corrected chi connectivity index (χ4v) is 2.74. The van der Waals surface area contributed by atoms with Crippen LogP contribution in [0.15, 0.2) is 10.6 Å². The summed E-state index contributed by atoms with van der Waals surface area (Å²) in [5.74, 6) is 2.18. The zero-order valence-corrected chi connectivity index (χ0v) is 12.2. The molecule has 0 N–H and O–H groups in total. The Morgan fingerprint density at radius 2 is 2.00 bits per heavy atom. The zero-order chi connectivity index (χ0) is 12.8. The van der Waals surface area contributed by atoms with Crippen molar-refractivity contribution >= 4 is 11.8 Å². The molecule has 4 nitrogen and oxygen atoms in total. The van der Waals surface area contributed by atoms with Gasteiger partial charge in [0.2, 0.25) is 0 Å². The molecule has 1 saturated heterocycles. The Kier molecular flexibility index (Phi) is 5.53. The lowest BCUT2D eigenvalue weighted by Gasteiger charge is -2.34. The quantitative estimate of drug-likeness (QED) is 0.736. The number of thioether (sulfide) groups is 1. The SMILES string of the molecule is CSCCCN1CCN(Cc2cc(C)on2)CC1. The Labute approximate surface area is 114 Å². The second-order valence-electron chi connectivity index (χ2n) is 4.89. The Balaban J connectivity index is 1.67. The molecule has 1 aromatic heterocycles. The van der Waals surface area contributed by atoms with E-state index in [2.05, 4.69) is 21.2 Å². The van der Waals surface area contributed by atoms with Gasteiger partial charge in [0.05, 0.1) is 5.69 Å². The summed E-state index contributed by atoms with van der Waals surface area (Å²) in [5, 5.41) is 4.06. The van der Waals surface area contributed by atoms with Gasteiger partial charge in [0.15, 0.2) is 0 Å². The van der Waals surface area contributed by atoms with Crippen molar-refractivity contribution in [1.29, 1.82) is 0 Å². The molecular weight excluding hydrogens is 246 g/mol. The Morgan fingerprint density at radius 3 is 2.61 bits per heavy atom. The van der Waals surface area contributed by atoms with Crippen LogP contribution in [0.3, 0.4) is 0 Å². The van der Waals surface area contributed by atoms with Gasteiger partial charge in [-0.15, -0.1) is 0 Å². The van der Waals surface area contributed by atoms with Crippen LogP contribution in [0, 0.1) is 6.92 Å². The smallest absolute Gasteiger partial charge is 0.133 e. The minimum Gasteiger partial charge on any atom is -0.361 e. The van der Waals surface area contributed by atoms with E-state index in [0.29, 0.717) is 0 Å². The van der Waals surface area contributed by atoms with E-state index < -0.39 is 0 Å². The highest BCUT2D eigenvalue weighted by Gasteiger charge is 2.17. The molecule has 0 aromatic carbocycles. The summed E-state index contributed by atoms with van der Waals surface area (Å²) >= 11 is 1.94. The average Bonchev–Trinajstić information content (AvgIpc) is 2.77. The van der Waals surface area contributed by atoms with Crippen molar-refractivity contribution in [3.05, 3.63) is 17.5 Å². The first-order valence-corrected chi connectivity index (χ1v) is 8.03. The molecule has 1 aliphatic rings. The van der Waals surface area contributed by atoms with Crippen molar-refractivity contribution in [2.75, 3.05) is 44.7 Å². The normalized spacial score (nSPS) is 18.3. The summed E-state index contributed by atoms with van der Waals surface area (Å²) in [5.41, 5.74) is 1.06. The highest BCUT2D eigenvalue weighted by atomic mass is 32.2. The van der Waals surface area contributed by atoms with Gasteiger partial charge in [0, 0.05) is 38.8 Å². The molecule has 102 valence electrons. The molecule has 0 aliphatic carbocycles. The molecule has 0 saturated carbocycles. The number of aromatic nitrogens is 1. The molecule has 18 heavy (non-hydrogen) atoms. The van der Waals surface area contributed by atoms with E-state index in [9.17, 15) is 0 Å². The molecule has 0 bridgehead atoms. The van der Waals surface area contributed by atoms with Crippen LogP contribution in [-0.2, 0) is 6.54 Å². The topological polar surface area (TPSA) is 32.5 Å². The summed E-state index contributed by atoms with van der Waals surface area (Å²) in [6.07, 6.45) is 3.49. The lowest BCUT2D eigenvalue weighted by molar-refractivity contribution is 0.125. The zero-order valence-electron chi connectivity index (χ0n) is 11.4. The molecule has 2 rings (SSSR count). The summed E-state index contributed by atoms with van der Waals surface area (Å²) < 4.78 is 5.10. The van der Waals surface area contributed by atoms with Crippen molar-refractivity contribution in [3.63, 3.8) is 0 Å². The van der Waals surface area contributed by atoms with Crippen LogP contribution in [0.25, 0.3) is 0 Å². The minimum atomic E-state index is 0.903. The van der Waals surface area contributed by atoms with Crippen molar-refractivity contribution in [1.82, 2.24) is 15.0 Å². The first kappa shape index (κ1) is 13.9. The third kappa shape index (κ3) is 4.30. The maximum atomic E-state index is 5.10. The maximum absolute atomic E-state index is 5.10. The molecule has 1 aliphatic heterocycles. The van der Waals surface area contributed by atoms with Gasteiger partial charge in [-0.25, -0.2) is 0 Å². The third-order valence-corrected chi connectivity index (χ3v) is 4.05. The second kappa shape index (κ2) is 7.16. The highest BCUT2D eigenvalue weighted by Crippen LogP contribution is 2.09. The molecule has 0 unspecified atom stereocenters. The molecule has 0 amide bonds. The van der Waals surface area contributed by atoms with Gasteiger partial charge in [0.25, 0.3) is 0 Å². The number of piperazine rings is 1. The first-order valence-electron chi connectivity index (χ1n) is 6.64. The van der Waals surface area contributed by atoms with Crippen molar-refractivity contribution in [2.24, 2.45) is 0 Å². The minimum absolute atomic E-state index is 0.903. The largest absolute Gasteiger partial charge is 0.361 e. The van der Waals surface area contributed by atoms with Crippen LogP contribution in [-0.4, -0.2) is 59.7 Å². The van der Waals surface area contributed by atoms with E-state index >= 15 is 0 Å². The number of hydrogen-bond donors (Lipinski definition) is 0. The molecule has 2 heterocycles. The predicted octanol–water partition coefficient (Wildman–Crippen LogP) is 1.85. The third-order valence-electron chi connectivity index (χ3n) is 3.35. The van der Waals surface area contributed by atoms with Crippen molar-refractivity contribution in [2.45, 2.75) is 19.9 Å². The fourth-order valence-electron chi connectivity index (χ4n) is 2.33. The predicted molar refractivity (Wildman–Crippen MR) is 76.0 cm³/mol. The Hall–Kier alpha value is -0.520. The van der Waals surface area contributed by atoms with Crippen LogP contribution in [0.2, 0.25) is 0 Å². The number of nitrogens with zero attached hydrogens (tertiary/aromatic N) is 3. The molecule has 0 radical (unpaired) electrons. The standard InChI is InChI=1S/C13H23N3OS/c1-12-10-13(14-17-12)11-16-7-5-15(6-8-16)4-3-9-18-2/h10H,3-9,11H2,1-2H3. The Morgan fingerprint density at radius 1 is 1.28 bits per heavy atom. The summed E-state index contributed by atoms with van der Waals surface area (Å²) in [6, 6.07) is 2.03. The maximum Gasteiger partial charge on any atom is 0.133 e. The van der Waals surface area contributed by atoms with Gasteiger partial charge in [-0.2, -0.15) is 11.8 Å². The summed E-state index contributed by atoms with van der Waals surface area (Å²) in [6.45, 7) is 8.78. The fraction of sp³-hybridized carbons (Fsp3) is 0.769. The van der Waals surface area contributed by atoms with Crippen LogP contribution in [0.4, 0.5) is 0 Å². The Bertz CT molecular complexity index is 348. The van der Waals surface area contributed by atoms with Crippen LogP contribution in [0.1, 0.15) is 17.9 Å². The molecular formula is C13H23N3OS. The number of hydrogen-bond acceptors (Lipinski definition) is 5. The van der Waals surface area contributed by atoms with Gasteiger partial charge >= 0.3 is 0 Å².